The molecule has 82 valence electrons. The number of nitrogens with one attached hydrogen (secondary N) is 1. The molecule has 0 aromatic rings. The Hall–Kier alpha value is -0.0800. The number of piperidine rings is 1. The van der Waals surface area contributed by atoms with Crippen LogP contribution in [0.25, 0.3) is 0 Å². The molecule has 0 aliphatic carbocycles. The van der Waals surface area contributed by atoms with E-state index < -0.39 is 0 Å². The summed E-state index contributed by atoms with van der Waals surface area (Å²) in [5.41, 5.74) is 0.677. The summed E-state index contributed by atoms with van der Waals surface area (Å²) in [6.07, 6.45) is 5.61. The molecule has 2 rings (SSSR count). The quantitative estimate of drug-likeness (QED) is 0.723. The van der Waals surface area contributed by atoms with Crippen LogP contribution in [0.4, 0.5) is 0 Å². The smallest absolute Gasteiger partial charge is 0.00390 e. The predicted molar refractivity (Wildman–Crippen MR) is 60.4 cm³/mol. The van der Waals surface area contributed by atoms with Crippen LogP contribution in [0.5, 0.6) is 0 Å². The zero-order valence-corrected chi connectivity index (χ0v) is 9.68. The number of hydrogen-bond acceptors (Lipinski definition) is 2. The molecule has 1 spiro atoms. The van der Waals surface area contributed by atoms with E-state index in [0.717, 1.165) is 5.92 Å². The summed E-state index contributed by atoms with van der Waals surface area (Å²) in [4.78, 5) is 2.52. The van der Waals surface area contributed by atoms with Crippen LogP contribution >= 0.6 is 0 Å². The van der Waals surface area contributed by atoms with Gasteiger partial charge in [-0.1, -0.05) is 13.3 Å². The third kappa shape index (κ3) is 1.82. The molecule has 2 aliphatic rings. The summed E-state index contributed by atoms with van der Waals surface area (Å²) in [6, 6.07) is 0. The molecular formula is C12H24N2. The van der Waals surface area contributed by atoms with Crippen LogP contribution in [0.15, 0.2) is 0 Å². The molecule has 2 saturated heterocycles. The first-order valence-electron chi connectivity index (χ1n) is 6.16. The summed E-state index contributed by atoms with van der Waals surface area (Å²) in [6.45, 7) is 7.50. The second-order valence-electron chi connectivity index (χ2n) is 5.29. The highest BCUT2D eigenvalue weighted by atomic mass is 15.1. The fourth-order valence-corrected chi connectivity index (χ4v) is 3.44. The Balaban J connectivity index is 2.05. The van der Waals surface area contributed by atoms with Crippen molar-refractivity contribution in [3.63, 3.8) is 0 Å². The number of nitrogens with zero attached hydrogens (tertiary/aromatic N) is 1. The van der Waals surface area contributed by atoms with Crippen LogP contribution in [-0.2, 0) is 0 Å². The fourth-order valence-electron chi connectivity index (χ4n) is 3.44. The molecular weight excluding hydrogens is 172 g/mol. The van der Waals surface area contributed by atoms with E-state index in [0.29, 0.717) is 5.41 Å². The molecule has 0 aromatic heterocycles. The first kappa shape index (κ1) is 10.4. The van der Waals surface area contributed by atoms with Gasteiger partial charge in [0.15, 0.2) is 0 Å². The van der Waals surface area contributed by atoms with Crippen LogP contribution in [0.1, 0.15) is 32.6 Å². The maximum atomic E-state index is 3.57. The zero-order valence-electron chi connectivity index (χ0n) is 9.68. The molecule has 2 atom stereocenters. The first-order chi connectivity index (χ1) is 6.77. The van der Waals surface area contributed by atoms with Gasteiger partial charge in [0.05, 0.1) is 0 Å². The lowest BCUT2D eigenvalue weighted by molar-refractivity contribution is 0.109. The fraction of sp³-hybridized carbons (Fsp3) is 1.00. The van der Waals surface area contributed by atoms with E-state index in [1.165, 1.54) is 51.9 Å². The summed E-state index contributed by atoms with van der Waals surface area (Å²) >= 11 is 0. The predicted octanol–water partition coefficient (Wildman–Crippen LogP) is 1.72. The van der Waals surface area contributed by atoms with Crippen LogP contribution in [-0.4, -0.2) is 38.1 Å². The van der Waals surface area contributed by atoms with Crippen molar-refractivity contribution in [3.8, 4) is 0 Å². The van der Waals surface area contributed by atoms with E-state index in [1.54, 1.807) is 0 Å². The van der Waals surface area contributed by atoms with Crippen molar-refractivity contribution < 1.29 is 0 Å². The largest absolute Gasteiger partial charge is 0.316 e. The highest BCUT2D eigenvalue weighted by Crippen LogP contribution is 2.43. The third-order valence-corrected chi connectivity index (χ3v) is 4.27. The Labute approximate surface area is 88.1 Å². The Morgan fingerprint density at radius 3 is 2.93 bits per heavy atom. The Kier molecular flexibility index (Phi) is 3.13. The number of hydrogen-bond donors (Lipinski definition) is 1. The summed E-state index contributed by atoms with van der Waals surface area (Å²) in [5, 5.41) is 3.57. The molecule has 2 nitrogen and oxygen atoms in total. The minimum absolute atomic E-state index is 0.677. The lowest BCUT2D eigenvalue weighted by Gasteiger charge is -2.42. The highest BCUT2D eigenvalue weighted by molar-refractivity contribution is 4.97. The van der Waals surface area contributed by atoms with Crippen LogP contribution in [0.2, 0.25) is 0 Å². The lowest BCUT2D eigenvalue weighted by atomic mass is 9.68. The van der Waals surface area contributed by atoms with Crippen LogP contribution in [0, 0.1) is 11.3 Å². The summed E-state index contributed by atoms with van der Waals surface area (Å²) in [7, 11) is 2.28. The second kappa shape index (κ2) is 4.19. The molecule has 0 saturated carbocycles. The normalized spacial score (nSPS) is 39.4. The third-order valence-electron chi connectivity index (χ3n) is 4.27. The Bertz CT molecular complexity index is 187. The second-order valence-corrected chi connectivity index (χ2v) is 5.29. The van der Waals surface area contributed by atoms with E-state index in [-0.39, 0.29) is 0 Å². The van der Waals surface area contributed by atoms with Crippen molar-refractivity contribution in [3.05, 3.63) is 0 Å². The lowest BCUT2D eigenvalue weighted by Crippen LogP contribution is -2.46. The van der Waals surface area contributed by atoms with E-state index in [2.05, 4.69) is 24.2 Å². The standard InChI is InChI=1S/C12H24N2/c1-3-4-11-9-13-7-5-12(11)6-8-14(2)10-12/h11,13H,3-10H2,1-2H3. The van der Waals surface area contributed by atoms with E-state index >= 15 is 0 Å². The molecule has 2 fully saturated rings. The van der Waals surface area contributed by atoms with Crippen LogP contribution < -0.4 is 5.32 Å². The van der Waals surface area contributed by atoms with Crippen molar-refractivity contribution in [2.24, 2.45) is 11.3 Å². The van der Waals surface area contributed by atoms with E-state index in [1.807, 2.05) is 0 Å². The van der Waals surface area contributed by atoms with Gasteiger partial charge in [-0.25, -0.2) is 0 Å². The molecule has 0 amide bonds. The Morgan fingerprint density at radius 1 is 1.43 bits per heavy atom. The van der Waals surface area contributed by atoms with E-state index in [9.17, 15) is 0 Å². The van der Waals surface area contributed by atoms with Gasteiger partial charge in [0.1, 0.15) is 0 Å². The molecule has 0 aromatic carbocycles. The van der Waals surface area contributed by atoms with Crippen molar-refractivity contribution in [2.75, 3.05) is 33.2 Å². The SMILES string of the molecule is CCCC1CNCCC12CCN(C)C2. The first-order valence-corrected chi connectivity index (χ1v) is 6.16. The van der Waals surface area contributed by atoms with Crippen molar-refractivity contribution in [2.45, 2.75) is 32.6 Å². The maximum absolute atomic E-state index is 3.57. The summed E-state index contributed by atoms with van der Waals surface area (Å²) in [5.74, 6) is 0.936. The highest BCUT2D eigenvalue weighted by Gasteiger charge is 2.43. The average molecular weight is 196 g/mol. The minimum atomic E-state index is 0.677. The van der Waals surface area contributed by atoms with Gasteiger partial charge in [-0.15, -0.1) is 0 Å². The molecule has 2 aliphatic heterocycles. The molecule has 14 heavy (non-hydrogen) atoms. The van der Waals surface area contributed by atoms with Gasteiger partial charge in [-0.2, -0.15) is 0 Å². The van der Waals surface area contributed by atoms with Gasteiger partial charge in [-0.3, -0.25) is 0 Å². The molecule has 0 radical (unpaired) electrons. The average Bonchev–Trinajstić information content (AvgIpc) is 2.53. The number of likely N-dealkylation sites (tertiary alicyclic amines) is 1. The molecule has 1 N–H and O–H groups in total. The monoisotopic (exact) mass is 196 g/mol. The van der Waals surface area contributed by atoms with Gasteiger partial charge in [-0.05, 0) is 57.3 Å². The molecule has 2 unspecified atom stereocenters. The minimum Gasteiger partial charge on any atom is -0.316 e. The summed E-state index contributed by atoms with van der Waals surface area (Å²) < 4.78 is 0. The zero-order chi connectivity index (χ0) is 10.0. The molecule has 2 heteroatoms. The topological polar surface area (TPSA) is 15.3 Å². The van der Waals surface area contributed by atoms with Crippen LogP contribution in [0.3, 0.4) is 0 Å². The number of rotatable bonds is 2. The maximum Gasteiger partial charge on any atom is 0.00390 e. The molecule has 2 heterocycles. The van der Waals surface area contributed by atoms with Gasteiger partial charge in [0.25, 0.3) is 0 Å². The van der Waals surface area contributed by atoms with E-state index in [4.69, 9.17) is 0 Å². The van der Waals surface area contributed by atoms with Gasteiger partial charge >= 0.3 is 0 Å². The van der Waals surface area contributed by atoms with Gasteiger partial charge in [0.2, 0.25) is 0 Å². The van der Waals surface area contributed by atoms with Crippen molar-refractivity contribution >= 4 is 0 Å². The van der Waals surface area contributed by atoms with Gasteiger partial charge in [0, 0.05) is 6.54 Å². The molecule has 0 bridgehead atoms. The van der Waals surface area contributed by atoms with Crippen molar-refractivity contribution in [1.29, 1.82) is 0 Å². The van der Waals surface area contributed by atoms with Gasteiger partial charge < -0.3 is 10.2 Å². The Morgan fingerprint density at radius 2 is 2.29 bits per heavy atom. The van der Waals surface area contributed by atoms with Crippen molar-refractivity contribution in [1.82, 2.24) is 10.2 Å².